The summed E-state index contributed by atoms with van der Waals surface area (Å²) >= 11 is 0. The first-order valence-electron chi connectivity index (χ1n) is 6.59. The highest BCUT2D eigenvalue weighted by Gasteiger charge is 2.34. The molecule has 0 aromatic carbocycles. The number of hydrogen-bond donors (Lipinski definition) is 1. The molecule has 2 N–H and O–H groups in total. The lowest BCUT2D eigenvalue weighted by Crippen LogP contribution is -2.54. The van der Waals surface area contributed by atoms with E-state index in [4.69, 9.17) is 5.73 Å². The smallest absolute Gasteiger partial charge is 0.0226 e. The average molecular weight is 247 g/mol. The Hall–Kier alpha value is 0.210. The molecule has 1 saturated carbocycles. The molecule has 1 aliphatic carbocycles. The number of hydrogen-bond acceptors (Lipinski definition) is 2. The van der Waals surface area contributed by atoms with Gasteiger partial charge in [-0.1, -0.05) is 12.8 Å². The Balaban J connectivity index is 0.00000128. The monoisotopic (exact) mass is 246 g/mol. The standard InChI is InChI=1S/C13H26N2.ClH/c1-13(2,14)10-15-9-5-7-11-6-3-4-8-12(11)15;/h11-12H,3-10,14H2,1-2H3;1H/t11-,12-;/m1./s1. The quantitative estimate of drug-likeness (QED) is 0.812. The topological polar surface area (TPSA) is 29.3 Å². The minimum Gasteiger partial charge on any atom is -0.324 e. The fourth-order valence-electron chi connectivity index (χ4n) is 3.45. The van der Waals surface area contributed by atoms with Crippen molar-refractivity contribution in [3.63, 3.8) is 0 Å². The lowest BCUT2D eigenvalue weighted by Gasteiger charge is -2.46. The molecule has 0 amide bonds. The average Bonchev–Trinajstić information content (AvgIpc) is 2.16. The Morgan fingerprint density at radius 2 is 1.75 bits per heavy atom. The van der Waals surface area contributed by atoms with Crippen molar-refractivity contribution in [2.24, 2.45) is 11.7 Å². The SMILES string of the molecule is CC(C)(N)CN1CCC[C@H]2CCCC[C@H]21.Cl. The van der Waals surface area contributed by atoms with Gasteiger partial charge in [0.15, 0.2) is 0 Å². The molecule has 96 valence electrons. The Kier molecular flexibility index (Phi) is 5.09. The normalized spacial score (nSPS) is 31.7. The number of piperidine rings is 1. The van der Waals surface area contributed by atoms with Crippen LogP contribution in [0.2, 0.25) is 0 Å². The summed E-state index contributed by atoms with van der Waals surface area (Å²) in [5, 5.41) is 0. The van der Waals surface area contributed by atoms with E-state index < -0.39 is 0 Å². The van der Waals surface area contributed by atoms with Crippen molar-refractivity contribution >= 4 is 12.4 Å². The van der Waals surface area contributed by atoms with Crippen LogP contribution in [0, 0.1) is 5.92 Å². The van der Waals surface area contributed by atoms with Crippen LogP contribution in [0.4, 0.5) is 0 Å². The molecule has 3 heteroatoms. The van der Waals surface area contributed by atoms with E-state index in [0.29, 0.717) is 0 Å². The molecule has 0 aromatic rings. The zero-order chi connectivity index (χ0) is 10.9. The Labute approximate surface area is 106 Å². The number of nitrogens with two attached hydrogens (primary N) is 1. The third-order valence-electron chi connectivity index (χ3n) is 3.97. The molecule has 0 radical (unpaired) electrons. The van der Waals surface area contributed by atoms with Gasteiger partial charge in [0.05, 0.1) is 0 Å². The zero-order valence-electron chi connectivity index (χ0n) is 10.7. The maximum absolute atomic E-state index is 6.15. The van der Waals surface area contributed by atoms with E-state index in [-0.39, 0.29) is 17.9 Å². The second kappa shape index (κ2) is 5.70. The summed E-state index contributed by atoms with van der Waals surface area (Å²) in [6.07, 6.45) is 8.63. The highest BCUT2D eigenvalue weighted by atomic mass is 35.5. The minimum atomic E-state index is -0.0284. The summed E-state index contributed by atoms with van der Waals surface area (Å²) in [4.78, 5) is 2.67. The first-order valence-corrected chi connectivity index (χ1v) is 6.59. The summed E-state index contributed by atoms with van der Waals surface area (Å²) in [5.41, 5.74) is 6.12. The highest BCUT2D eigenvalue weighted by molar-refractivity contribution is 5.85. The van der Waals surface area contributed by atoms with E-state index in [1.165, 1.54) is 45.1 Å². The van der Waals surface area contributed by atoms with Gasteiger partial charge in [0, 0.05) is 18.1 Å². The molecule has 2 rings (SSSR count). The number of nitrogens with zero attached hydrogens (tertiary/aromatic N) is 1. The Morgan fingerprint density at radius 1 is 1.12 bits per heavy atom. The molecule has 2 nitrogen and oxygen atoms in total. The molecule has 1 aliphatic heterocycles. The lowest BCUT2D eigenvalue weighted by atomic mass is 9.78. The van der Waals surface area contributed by atoms with Crippen molar-refractivity contribution in [2.75, 3.05) is 13.1 Å². The van der Waals surface area contributed by atoms with Gasteiger partial charge in [-0.25, -0.2) is 0 Å². The Bertz CT molecular complexity index is 210. The van der Waals surface area contributed by atoms with E-state index in [2.05, 4.69) is 18.7 Å². The molecular formula is C13H27ClN2. The van der Waals surface area contributed by atoms with Crippen LogP contribution >= 0.6 is 12.4 Å². The summed E-state index contributed by atoms with van der Waals surface area (Å²) < 4.78 is 0. The van der Waals surface area contributed by atoms with Crippen LogP contribution in [0.3, 0.4) is 0 Å². The van der Waals surface area contributed by atoms with Gasteiger partial charge in [-0.05, 0) is 52.0 Å². The molecule has 0 spiro atoms. The molecule has 0 unspecified atom stereocenters. The van der Waals surface area contributed by atoms with Crippen LogP contribution in [0.5, 0.6) is 0 Å². The molecule has 1 heterocycles. The van der Waals surface area contributed by atoms with E-state index >= 15 is 0 Å². The van der Waals surface area contributed by atoms with Crippen molar-refractivity contribution in [3.05, 3.63) is 0 Å². The largest absolute Gasteiger partial charge is 0.324 e. The maximum Gasteiger partial charge on any atom is 0.0226 e. The van der Waals surface area contributed by atoms with Gasteiger partial charge in [0.1, 0.15) is 0 Å². The molecule has 2 atom stereocenters. The molecule has 16 heavy (non-hydrogen) atoms. The molecule has 2 fully saturated rings. The van der Waals surface area contributed by atoms with Crippen LogP contribution in [0.15, 0.2) is 0 Å². The number of likely N-dealkylation sites (tertiary alicyclic amines) is 1. The van der Waals surface area contributed by atoms with E-state index in [9.17, 15) is 0 Å². The maximum atomic E-state index is 6.15. The third kappa shape index (κ3) is 3.61. The first kappa shape index (κ1) is 14.3. The summed E-state index contributed by atoms with van der Waals surface area (Å²) in [5.74, 6) is 0.981. The number of rotatable bonds is 2. The van der Waals surface area contributed by atoms with Gasteiger partial charge in [0.25, 0.3) is 0 Å². The van der Waals surface area contributed by atoms with Crippen LogP contribution in [-0.2, 0) is 0 Å². The fraction of sp³-hybridized carbons (Fsp3) is 1.00. The molecule has 1 saturated heterocycles. The minimum absolute atomic E-state index is 0. The van der Waals surface area contributed by atoms with E-state index in [1.807, 2.05) is 0 Å². The fourth-order valence-corrected chi connectivity index (χ4v) is 3.45. The summed E-state index contributed by atoms with van der Waals surface area (Å²) in [6, 6.07) is 0.857. The van der Waals surface area contributed by atoms with Crippen molar-refractivity contribution in [3.8, 4) is 0 Å². The third-order valence-corrected chi connectivity index (χ3v) is 3.97. The lowest BCUT2D eigenvalue weighted by molar-refractivity contribution is 0.0472. The van der Waals surface area contributed by atoms with Gasteiger partial charge in [-0.3, -0.25) is 4.90 Å². The predicted molar refractivity (Wildman–Crippen MR) is 72.1 cm³/mol. The second-order valence-electron chi connectivity index (χ2n) is 6.21. The highest BCUT2D eigenvalue weighted by Crippen LogP contribution is 2.35. The molecular weight excluding hydrogens is 220 g/mol. The first-order chi connectivity index (χ1) is 7.06. The number of fused-ring (bicyclic) bond motifs is 1. The molecule has 0 aromatic heterocycles. The van der Waals surface area contributed by atoms with Crippen molar-refractivity contribution in [1.29, 1.82) is 0 Å². The predicted octanol–water partition coefficient (Wildman–Crippen LogP) is 2.80. The van der Waals surface area contributed by atoms with Crippen molar-refractivity contribution in [2.45, 2.75) is 64.0 Å². The van der Waals surface area contributed by atoms with Crippen LogP contribution in [-0.4, -0.2) is 29.6 Å². The zero-order valence-corrected chi connectivity index (χ0v) is 11.6. The van der Waals surface area contributed by atoms with Crippen LogP contribution in [0.1, 0.15) is 52.4 Å². The summed E-state index contributed by atoms with van der Waals surface area (Å²) in [7, 11) is 0. The van der Waals surface area contributed by atoms with Crippen molar-refractivity contribution < 1.29 is 0 Å². The van der Waals surface area contributed by atoms with Crippen LogP contribution in [0.25, 0.3) is 0 Å². The van der Waals surface area contributed by atoms with Gasteiger partial charge in [-0.15, -0.1) is 12.4 Å². The summed E-state index contributed by atoms with van der Waals surface area (Å²) in [6.45, 7) is 6.66. The van der Waals surface area contributed by atoms with Gasteiger partial charge < -0.3 is 5.73 Å². The van der Waals surface area contributed by atoms with Crippen LogP contribution < -0.4 is 5.73 Å². The van der Waals surface area contributed by atoms with Gasteiger partial charge >= 0.3 is 0 Å². The van der Waals surface area contributed by atoms with Crippen molar-refractivity contribution in [1.82, 2.24) is 4.90 Å². The van der Waals surface area contributed by atoms with Gasteiger partial charge in [-0.2, -0.15) is 0 Å². The Morgan fingerprint density at radius 3 is 2.44 bits per heavy atom. The number of halogens is 1. The van der Waals surface area contributed by atoms with E-state index in [1.54, 1.807) is 0 Å². The van der Waals surface area contributed by atoms with Gasteiger partial charge in [0.2, 0.25) is 0 Å². The van der Waals surface area contributed by atoms with E-state index in [0.717, 1.165) is 18.5 Å². The molecule has 0 bridgehead atoms. The second-order valence-corrected chi connectivity index (χ2v) is 6.21. The molecule has 2 aliphatic rings.